The minimum absolute atomic E-state index is 0.189. The molecule has 4 heteroatoms. The van der Waals surface area contributed by atoms with Gasteiger partial charge in [-0.15, -0.1) is 0 Å². The lowest BCUT2D eigenvalue weighted by Gasteiger charge is -2.16. The van der Waals surface area contributed by atoms with Gasteiger partial charge in [-0.3, -0.25) is 0 Å². The van der Waals surface area contributed by atoms with Crippen LogP contribution in [-0.2, 0) is 6.42 Å². The lowest BCUT2D eigenvalue weighted by atomic mass is 9.92. The Morgan fingerprint density at radius 3 is 2.40 bits per heavy atom. The van der Waals surface area contributed by atoms with E-state index in [0.717, 1.165) is 18.1 Å². The first-order valence-corrected chi connectivity index (χ1v) is 5.44. The number of hydrogen-bond donors (Lipinski definition) is 1. The molecule has 0 unspecified atom stereocenters. The Morgan fingerprint density at radius 2 is 1.87 bits per heavy atom. The standard InChI is InChI=1S/C11H18N4/c1-11(2,3)6-8-13-9(7-4-5-7)15-10(12)14-8/h7H,4-6H2,1-3H3,(H2,12,13,14,15). The van der Waals surface area contributed by atoms with Gasteiger partial charge in [-0.05, 0) is 18.3 Å². The van der Waals surface area contributed by atoms with E-state index in [1.54, 1.807) is 0 Å². The summed E-state index contributed by atoms with van der Waals surface area (Å²) in [5.41, 5.74) is 5.87. The zero-order valence-electron chi connectivity index (χ0n) is 9.62. The largest absolute Gasteiger partial charge is 0.368 e. The fourth-order valence-electron chi connectivity index (χ4n) is 1.53. The van der Waals surface area contributed by atoms with Gasteiger partial charge in [-0.25, -0.2) is 4.98 Å². The molecule has 0 spiro atoms. The van der Waals surface area contributed by atoms with Gasteiger partial charge in [0.2, 0.25) is 5.95 Å². The molecule has 2 rings (SSSR count). The molecule has 1 fully saturated rings. The molecule has 1 saturated carbocycles. The molecule has 0 aromatic carbocycles. The predicted octanol–water partition coefficient (Wildman–Crippen LogP) is 1.92. The topological polar surface area (TPSA) is 64.7 Å². The summed E-state index contributed by atoms with van der Waals surface area (Å²) in [7, 11) is 0. The average Bonchev–Trinajstić information content (AvgIpc) is 2.80. The van der Waals surface area contributed by atoms with Crippen LogP contribution in [0.3, 0.4) is 0 Å². The first-order chi connectivity index (χ1) is 6.94. The number of aromatic nitrogens is 3. The maximum Gasteiger partial charge on any atom is 0.223 e. The van der Waals surface area contributed by atoms with E-state index in [4.69, 9.17) is 5.73 Å². The normalized spacial score (nSPS) is 16.7. The zero-order valence-corrected chi connectivity index (χ0v) is 9.62. The van der Waals surface area contributed by atoms with Gasteiger partial charge in [0.25, 0.3) is 0 Å². The zero-order chi connectivity index (χ0) is 11.1. The highest BCUT2D eigenvalue weighted by Crippen LogP contribution is 2.38. The van der Waals surface area contributed by atoms with E-state index >= 15 is 0 Å². The van der Waals surface area contributed by atoms with Crippen molar-refractivity contribution in [1.29, 1.82) is 0 Å². The average molecular weight is 206 g/mol. The molecule has 1 heterocycles. The third-order valence-corrected chi connectivity index (χ3v) is 2.35. The van der Waals surface area contributed by atoms with Crippen LogP contribution in [0.4, 0.5) is 5.95 Å². The van der Waals surface area contributed by atoms with E-state index in [1.165, 1.54) is 12.8 Å². The lowest BCUT2D eigenvalue weighted by Crippen LogP contribution is -2.15. The molecule has 4 nitrogen and oxygen atoms in total. The number of nitrogen functional groups attached to an aromatic ring is 1. The molecule has 1 aliphatic carbocycles. The van der Waals surface area contributed by atoms with E-state index in [1.807, 2.05) is 0 Å². The summed E-state index contributed by atoms with van der Waals surface area (Å²) >= 11 is 0. The number of anilines is 1. The molecule has 0 bridgehead atoms. The van der Waals surface area contributed by atoms with Crippen LogP contribution in [0.25, 0.3) is 0 Å². The van der Waals surface area contributed by atoms with Gasteiger partial charge in [0.05, 0.1) is 0 Å². The molecular weight excluding hydrogens is 188 g/mol. The predicted molar refractivity (Wildman–Crippen MR) is 59.4 cm³/mol. The van der Waals surface area contributed by atoms with Crippen LogP contribution in [-0.4, -0.2) is 15.0 Å². The highest BCUT2D eigenvalue weighted by atomic mass is 15.1. The maximum atomic E-state index is 5.68. The molecule has 82 valence electrons. The van der Waals surface area contributed by atoms with Crippen molar-refractivity contribution < 1.29 is 0 Å². The monoisotopic (exact) mass is 206 g/mol. The summed E-state index contributed by atoms with van der Waals surface area (Å²) in [6, 6.07) is 0. The van der Waals surface area contributed by atoms with Crippen molar-refractivity contribution in [1.82, 2.24) is 15.0 Å². The van der Waals surface area contributed by atoms with Crippen LogP contribution < -0.4 is 5.73 Å². The number of rotatable bonds is 2. The van der Waals surface area contributed by atoms with Crippen LogP contribution >= 0.6 is 0 Å². The third kappa shape index (κ3) is 2.88. The Labute approximate surface area is 90.3 Å². The van der Waals surface area contributed by atoms with Crippen LogP contribution in [0.5, 0.6) is 0 Å². The second kappa shape index (κ2) is 3.43. The van der Waals surface area contributed by atoms with Crippen LogP contribution in [0, 0.1) is 5.41 Å². The van der Waals surface area contributed by atoms with Crippen LogP contribution in [0.1, 0.15) is 51.2 Å². The summed E-state index contributed by atoms with van der Waals surface area (Å²) in [4.78, 5) is 12.8. The lowest BCUT2D eigenvalue weighted by molar-refractivity contribution is 0.399. The van der Waals surface area contributed by atoms with Crippen molar-refractivity contribution in [3.05, 3.63) is 11.6 Å². The summed E-state index contributed by atoms with van der Waals surface area (Å²) in [5.74, 6) is 2.62. The molecule has 0 amide bonds. The molecular formula is C11H18N4. The van der Waals surface area contributed by atoms with Crippen LogP contribution in [0.15, 0.2) is 0 Å². The molecule has 0 atom stereocenters. The van der Waals surface area contributed by atoms with Gasteiger partial charge in [0.15, 0.2) is 0 Å². The van der Waals surface area contributed by atoms with Crippen LogP contribution in [0.2, 0.25) is 0 Å². The quantitative estimate of drug-likeness (QED) is 0.802. The molecule has 1 aromatic heterocycles. The summed E-state index contributed by atoms with van der Waals surface area (Å²) in [6.45, 7) is 6.51. The molecule has 2 N–H and O–H groups in total. The van der Waals surface area contributed by atoms with Crippen molar-refractivity contribution in [2.45, 2.75) is 46.0 Å². The summed E-state index contributed by atoms with van der Waals surface area (Å²) < 4.78 is 0. The Kier molecular flexibility index (Phi) is 2.37. The first kappa shape index (κ1) is 10.3. The highest BCUT2D eigenvalue weighted by molar-refractivity contribution is 5.19. The number of nitrogens with two attached hydrogens (primary N) is 1. The van der Waals surface area contributed by atoms with E-state index in [-0.39, 0.29) is 5.41 Å². The van der Waals surface area contributed by atoms with Gasteiger partial charge in [-0.2, -0.15) is 9.97 Å². The summed E-state index contributed by atoms with van der Waals surface area (Å²) in [5, 5.41) is 0. The number of nitrogens with zero attached hydrogens (tertiary/aromatic N) is 3. The van der Waals surface area contributed by atoms with E-state index < -0.39 is 0 Å². The fourth-order valence-corrected chi connectivity index (χ4v) is 1.53. The van der Waals surface area contributed by atoms with Crippen molar-refractivity contribution in [2.24, 2.45) is 5.41 Å². The second-order valence-corrected chi connectivity index (χ2v) is 5.48. The molecule has 15 heavy (non-hydrogen) atoms. The minimum atomic E-state index is 0.189. The Hall–Kier alpha value is -1.19. The van der Waals surface area contributed by atoms with Gasteiger partial charge >= 0.3 is 0 Å². The Morgan fingerprint density at radius 1 is 1.20 bits per heavy atom. The fraction of sp³-hybridized carbons (Fsp3) is 0.727. The maximum absolute atomic E-state index is 5.68. The Balaban J connectivity index is 2.23. The van der Waals surface area contributed by atoms with Crippen molar-refractivity contribution in [3.63, 3.8) is 0 Å². The van der Waals surface area contributed by atoms with Crippen molar-refractivity contribution in [2.75, 3.05) is 5.73 Å². The molecule has 0 saturated heterocycles. The molecule has 1 aromatic rings. The van der Waals surface area contributed by atoms with Crippen molar-refractivity contribution in [3.8, 4) is 0 Å². The molecule has 0 aliphatic heterocycles. The highest BCUT2D eigenvalue weighted by Gasteiger charge is 2.28. The van der Waals surface area contributed by atoms with Crippen molar-refractivity contribution >= 4 is 5.95 Å². The van der Waals surface area contributed by atoms with Gasteiger partial charge in [-0.1, -0.05) is 20.8 Å². The van der Waals surface area contributed by atoms with Gasteiger partial charge in [0.1, 0.15) is 11.6 Å². The SMILES string of the molecule is CC(C)(C)Cc1nc(N)nc(C2CC2)n1. The number of hydrogen-bond acceptors (Lipinski definition) is 4. The minimum Gasteiger partial charge on any atom is -0.368 e. The Bertz CT molecular complexity index is 363. The second-order valence-electron chi connectivity index (χ2n) is 5.48. The molecule has 0 radical (unpaired) electrons. The third-order valence-electron chi connectivity index (χ3n) is 2.35. The van der Waals surface area contributed by atoms with Gasteiger partial charge in [0, 0.05) is 12.3 Å². The van der Waals surface area contributed by atoms with Gasteiger partial charge < -0.3 is 5.73 Å². The van der Waals surface area contributed by atoms with E-state index in [9.17, 15) is 0 Å². The smallest absolute Gasteiger partial charge is 0.223 e. The van der Waals surface area contributed by atoms with E-state index in [2.05, 4.69) is 35.7 Å². The molecule has 1 aliphatic rings. The summed E-state index contributed by atoms with van der Waals surface area (Å²) in [6.07, 6.45) is 3.23. The van der Waals surface area contributed by atoms with E-state index in [0.29, 0.717) is 11.9 Å². The first-order valence-electron chi connectivity index (χ1n) is 5.44.